The van der Waals surface area contributed by atoms with Crippen LogP contribution in [0, 0.1) is 6.92 Å². The Bertz CT molecular complexity index is 331. The topological polar surface area (TPSA) is 39.1 Å². The zero-order valence-electron chi connectivity index (χ0n) is 11.0. The molecule has 1 heterocycles. The van der Waals surface area contributed by atoms with Crippen molar-refractivity contribution in [1.29, 1.82) is 0 Å². The zero-order valence-corrected chi connectivity index (χ0v) is 11.0. The summed E-state index contributed by atoms with van der Waals surface area (Å²) in [6.07, 6.45) is 1.91. The van der Waals surface area contributed by atoms with Gasteiger partial charge in [-0.15, -0.1) is 0 Å². The van der Waals surface area contributed by atoms with Gasteiger partial charge in [-0.3, -0.25) is 4.68 Å². The molecule has 0 fully saturated rings. The lowest BCUT2D eigenvalue weighted by molar-refractivity contribution is -0.00898. The number of nitrogens with one attached hydrogen (secondary N) is 1. The predicted octanol–water partition coefficient (Wildman–Crippen LogP) is 1.63. The maximum absolute atomic E-state index is 5.62. The summed E-state index contributed by atoms with van der Waals surface area (Å²) in [4.78, 5) is 0. The number of hydrogen-bond acceptors (Lipinski definition) is 3. The summed E-state index contributed by atoms with van der Waals surface area (Å²) in [6, 6.07) is 0. The van der Waals surface area contributed by atoms with Crippen LogP contribution in [-0.4, -0.2) is 28.5 Å². The highest BCUT2D eigenvalue weighted by Crippen LogP contribution is 2.09. The quantitative estimate of drug-likeness (QED) is 0.800. The SMILES string of the molecule is CCOC(C)(C)CNCc1cnn(C)c1C. The van der Waals surface area contributed by atoms with E-state index < -0.39 is 0 Å². The fraction of sp³-hybridized carbons (Fsp3) is 0.750. The molecule has 0 atom stereocenters. The molecular formula is C12H23N3O. The Hall–Kier alpha value is -0.870. The minimum Gasteiger partial charge on any atom is -0.375 e. The largest absolute Gasteiger partial charge is 0.375 e. The third-order valence-electron chi connectivity index (χ3n) is 2.74. The normalized spacial score (nSPS) is 12.1. The van der Waals surface area contributed by atoms with Crippen molar-refractivity contribution >= 4 is 0 Å². The van der Waals surface area contributed by atoms with Crippen molar-refractivity contribution in [2.75, 3.05) is 13.2 Å². The van der Waals surface area contributed by atoms with Crippen molar-refractivity contribution in [2.24, 2.45) is 7.05 Å². The van der Waals surface area contributed by atoms with E-state index in [4.69, 9.17) is 4.74 Å². The molecule has 1 aromatic heterocycles. The average molecular weight is 225 g/mol. The predicted molar refractivity (Wildman–Crippen MR) is 65.4 cm³/mol. The maximum atomic E-state index is 5.62. The van der Waals surface area contributed by atoms with E-state index >= 15 is 0 Å². The molecule has 0 aliphatic heterocycles. The summed E-state index contributed by atoms with van der Waals surface area (Å²) in [5.41, 5.74) is 2.35. The Balaban J connectivity index is 2.38. The van der Waals surface area contributed by atoms with Gasteiger partial charge >= 0.3 is 0 Å². The smallest absolute Gasteiger partial charge is 0.0750 e. The van der Waals surface area contributed by atoms with E-state index in [0.29, 0.717) is 0 Å². The molecule has 1 rings (SSSR count). The molecule has 0 aliphatic carbocycles. The molecule has 4 nitrogen and oxygen atoms in total. The number of aromatic nitrogens is 2. The molecule has 0 aliphatic rings. The monoisotopic (exact) mass is 225 g/mol. The van der Waals surface area contributed by atoms with Crippen LogP contribution in [0.25, 0.3) is 0 Å². The lowest BCUT2D eigenvalue weighted by Gasteiger charge is -2.24. The van der Waals surface area contributed by atoms with E-state index in [2.05, 4.69) is 31.2 Å². The lowest BCUT2D eigenvalue weighted by atomic mass is 10.1. The molecule has 0 saturated heterocycles. The molecule has 0 amide bonds. The minimum atomic E-state index is -0.106. The van der Waals surface area contributed by atoms with E-state index in [0.717, 1.165) is 19.7 Å². The molecule has 4 heteroatoms. The molecule has 1 N–H and O–H groups in total. The first-order valence-electron chi connectivity index (χ1n) is 5.78. The summed E-state index contributed by atoms with van der Waals surface area (Å²) < 4.78 is 7.51. The van der Waals surface area contributed by atoms with Gasteiger partial charge in [0.1, 0.15) is 0 Å². The van der Waals surface area contributed by atoms with Gasteiger partial charge in [0.15, 0.2) is 0 Å². The molecule has 0 spiro atoms. The van der Waals surface area contributed by atoms with Crippen molar-refractivity contribution in [3.8, 4) is 0 Å². The van der Waals surface area contributed by atoms with Gasteiger partial charge in [-0.25, -0.2) is 0 Å². The van der Waals surface area contributed by atoms with Gasteiger partial charge in [0.25, 0.3) is 0 Å². The third-order valence-corrected chi connectivity index (χ3v) is 2.74. The Morgan fingerprint density at radius 1 is 1.50 bits per heavy atom. The average Bonchev–Trinajstić information content (AvgIpc) is 2.49. The van der Waals surface area contributed by atoms with Crippen LogP contribution in [-0.2, 0) is 18.3 Å². The number of nitrogens with zero attached hydrogens (tertiary/aromatic N) is 2. The zero-order chi connectivity index (χ0) is 12.2. The van der Waals surface area contributed by atoms with Gasteiger partial charge in [-0.05, 0) is 27.7 Å². The van der Waals surface area contributed by atoms with Crippen LogP contribution in [0.3, 0.4) is 0 Å². The first-order valence-corrected chi connectivity index (χ1v) is 5.78. The van der Waals surface area contributed by atoms with Gasteiger partial charge < -0.3 is 10.1 Å². The van der Waals surface area contributed by atoms with Crippen LogP contribution >= 0.6 is 0 Å². The molecule has 0 radical (unpaired) electrons. The molecule has 0 unspecified atom stereocenters. The number of hydrogen-bond donors (Lipinski definition) is 1. The standard InChI is InChI=1S/C12H23N3O/c1-6-16-12(3,4)9-13-7-11-8-14-15(5)10(11)2/h8,13H,6-7,9H2,1-5H3. The van der Waals surface area contributed by atoms with Crippen LogP contribution < -0.4 is 5.32 Å². The second kappa shape index (κ2) is 5.46. The van der Waals surface area contributed by atoms with Gasteiger partial charge in [-0.1, -0.05) is 0 Å². The fourth-order valence-corrected chi connectivity index (χ4v) is 1.66. The van der Waals surface area contributed by atoms with E-state index in [9.17, 15) is 0 Å². The Morgan fingerprint density at radius 3 is 2.69 bits per heavy atom. The van der Waals surface area contributed by atoms with Crippen molar-refractivity contribution in [2.45, 2.75) is 39.8 Å². The van der Waals surface area contributed by atoms with Crippen LogP contribution in [0.1, 0.15) is 32.0 Å². The molecular weight excluding hydrogens is 202 g/mol. The van der Waals surface area contributed by atoms with E-state index in [1.807, 2.05) is 24.9 Å². The Kier molecular flexibility index (Phi) is 4.50. The highest BCUT2D eigenvalue weighted by Gasteiger charge is 2.16. The molecule has 92 valence electrons. The summed E-state index contributed by atoms with van der Waals surface area (Å²) >= 11 is 0. The second-order valence-electron chi connectivity index (χ2n) is 4.68. The van der Waals surface area contributed by atoms with Gasteiger partial charge in [0.05, 0.1) is 11.8 Å². The van der Waals surface area contributed by atoms with Crippen molar-refractivity contribution in [1.82, 2.24) is 15.1 Å². The second-order valence-corrected chi connectivity index (χ2v) is 4.68. The summed E-state index contributed by atoms with van der Waals surface area (Å²) in [5.74, 6) is 0. The third kappa shape index (κ3) is 3.61. The van der Waals surface area contributed by atoms with Gasteiger partial charge in [0, 0.05) is 38.0 Å². The summed E-state index contributed by atoms with van der Waals surface area (Å²) in [5, 5.41) is 7.62. The minimum absolute atomic E-state index is 0.106. The van der Waals surface area contributed by atoms with Crippen LogP contribution in [0.2, 0.25) is 0 Å². The summed E-state index contributed by atoms with van der Waals surface area (Å²) in [6.45, 7) is 10.7. The number of rotatable bonds is 6. The highest BCUT2D eigenvalue weighted by molar-refractivity contribution is 5.15. The van der Waals surface area contributed by atoms with E-state index in [-0.39, 0.29) is 5.60 Å². The van der Waals surface area contributed by atoms with Crippen LogP contribution in [0.5, 0.6) is 0 Å². The highest BCUT2D eigenvalue weighted by atomic mass is 16.5. The Morgan fingerprint density at radius 2 is 2.19 bits per heavy atom. The molecule has 1 aromatic rings. The van der Waals surface area contributed by atoms with Crippen molar-refractivity contribution < 1.29 is 4.74 Å². The number of aryl methyl sites for hydroxylation is 1. The van der Waals surface area contributed by atoms with Gasteiger partial charge in [0.2, 0.25) is 0 Å². The maximum Gasteiger partial charge on any atom is 0.0750 e. The lowest BCUT2D eigenvalue weighted by Crippen LogP contribution is -2.37. The number of ether oxygens (including phenoxy) is 1. The first kappa shape index (κ1) is 13.2. The van der Waals surface area contributed by atoms with E-state index in [1.54, 1.807) is 0 Å². The van der Waals surface area contributed by atoms with Gasteiger partial charge in [-0.2, -0.15) is 5.10 Å². The molecule has 16 heavy (non-hydrogen) atoms. The Labute approximate surface area is 98.0 Å². The van der Waals surface area contributed by atoms with E-state index in [1.165, 1.54) is 11.3 Å². The van der Waals surface area contributed by atoms with Crippen molar-refractivity contribution in [3.63, 3.8) is 0 Å². The van der Waals surface area contributed by atoms with Crippen molar-refractivity contribution in [3.05, 3.63) is 17.5 Å². The molecule has 0 saturated carbocycles. The fourth-order valence-electron chi connectivity index (χ4n) is 1.66. The molecule has 0 aromatic carbocycles. The molecule has 0 bridgehead atoms. The van der Waals surface area contributed by atoms with Crippen LogP contribution in [0.15, 0.2) is 6.20 Å². The summed E-state index contributed by atoms with van der Waals surface area (Å²) in [7, 11) is 1.96. The van der Waals surface area contributed by atoms with Crippen LogP contribution in [0.4, 0.5) is 0 Å². The first-order chi connectivity index (χ1) is 7.46.